The molecule has 3 rings (SSSR count). The quantitative estimate of drug-likeness (QED) is 0.387. The van der Waals surface area contributed by atoms with Crippen LogP contribution in [-0.2, 0) is 16.0 Å². The molecule has 1 unspecified atom stereocenters. The van der Waals surface area contributed by atoms with Gasteiger partial charge in [0.25, 0.3) is 0 Å². The molecule has 2 saturated heterocycles. The van der Waals surface area contributed by atoms with E-state index < -0.39 is 0 Å². The van der Waals surface area contributed by atoms with E-state index in [1.807, 2.05) is 20.2 Å². The van der Waals surface area contributed by atoms with Gasteiger partial charge in [-0.05, 0) is 39.0 Å². The van der Waals surface area contributed by atoms with Crippen LogP contribution in [0.4, 0.5) is 0 Å². The molecular weight excluding hydrogens is 445 g/mol. The molecule has 0 radical (unpaired) electrons. The molecule has 0 aromatic carbocycles. The summed E-state index contributed by atoms with van der Waals surface area (Å²) in [5.74, 6) is 0.953. The van der Waals surface area contributed by atoms with Crippen molar-refractivity contribution in [1.29, 1.82) is 0 Å². The number of rotatable bonds is 5. The van der Waals surface area contributed by atoms with Gasteiger partial charge in [-0.1, -0.05) is 0 Å². The average molecular weight is 477 g/mol. The number of aliphatic imine (C=N–C) groups is 1. The Kier molecular flexibility index (Phi) is 9.13. The van der Waals surface area contributed by atoms with Crippen LogP contribution in [0.25, 0.3) is 0 Å². The van der Waals surface area contributed by atoms with Crippen LogP contribution in [-0.4, -0.2) is 66.6 Å². The fourth-order valence-corrected chi connectivity index (χ4v) is 3.48. The number of hydrogen-bond donors (Lipinski definition) is 2. The first kappa shape index (κ1) is 21.4. The fourth-order valence-electron chi connectivity index (χ4n) is 3.48. The number of hydrogen-bond acceptors (Lipinski definition) is 4. The molecule has 0 spiro atoms. The number of H-pyrrole nitrogens is 1. The van der Waals surface area contributed by atoms with E-state index >= 15 is 0 Å². The molecular formula is C18H32IN5O2. The highest BCUT2D eigenvalue weighted by Gasteiger charge is 2.23. The topological polar surface area (TPSA) is 74.8 Å². The summed E-state index contributed by atoms with van der Waals surface area (Å²) in [6, 6.07) is 0. The van der Waals surface area contributed by atoms with Crippen molar-refractivity contribution in [2.75, 3.05) is 33.4 Å². The van der Waals surface area contributed by atoms with E-state index in [2.05, 4.69) is 25.4 Å². The second-order valence-electron chi connectivity index (χ2n) is 6.93. The van der Waals surface area contributed by atoms with Gasteiger partial charge in [0.1, 0.15) is 0 Å². The number of aromatic nitrogens is 2. The molecule has 148 valence electrons. The number of nitrogens with zero attached hydrogens (tertiary/aromatic N) is 3. The third-order valence-electron chi connectivity index (χ3n) is 5.12. The highest BCUT2D eigenvalue weighted by atomic mass is 127. The third kappa shape index (κ3) is 6.09. The highest BCUT2D eigenvalue weighted by molar-refractivity contribution is 14.0. The van der Waals surface area contributed by atoms with Crippen molar-refractivity contribution >= 4 is 29.9 Å². The Bertz CT molecular complexity index is 552. The first-order valence-corrected chi connectivity index (χ1v) is 9.44. The van der Waals surface area contributed by atoms with Crippen molar-refractivity contribution in [3.63, 3.8) is 0 Å². The Morgan fingerprint density at radius 3 is 2.81 bits per heavy atom. The average Bonchev–Trinajstić information content (AvgIpc) is 3.07. The van der Waals surface area contributed by atoms with E-state index in [9.17, 15) is 0 Å². The second kappa shape index (κ2) is 11.1. The van der Waals surface area contributed by atoms with Crippen molar-refractivity contribution in [3.05, 3.63) is 17.5 Å². The fraction of sp³-hybridized carbons (Fsp3) is 0.778. The Balaban J connectivity index is 0.00000243. The van der Waals surface area contributed by atoms with E-state index in [0.29, 0.717) is 12.2 Å². The van der Waals surface area contributed by atoms with Gasteiger partial charge in [0.05, 0.1) is 25.0 Å². The molecule has 3 heterocycles. The zero-order valence-corrected chi connectivity index (χ0v) is 18.2. The summed E-state index contributed by atoms with van der Waals surface area (Å²) >= 11 is 0. The van der Waals surface area contributed by atoms with E-state index in [4.69, 9.17) is 9.47 Å². The van der Waals surface area contributed by atoms with Gasteiger partial charge < -0.3 is 19.7 Å². The Morgan fingerprint density at radius 1 is 1.38 bits per heavy atom. The van der Waals surface area contributed by atoms with Crippen LogP contribution in [0.15, 0.2) is 11.2 Å². The molecule has 1 aromatic heterocycles. The molecule has 2 N–H and O–H groups in total. The Hall–Kier alpha value is -0.870. The predicted octanol–water partition coefficient (Wildman–Crippen LogP) is 2.46. The van der Waals surface area contributed by atoms with Gasteiger partial charge in [-0.25, -0.2) is 0 Å². The summed E-state index contributed by atoms with van der Waals surface area (Å²) in [6.45, 7) is 6.36. The lowest BCUT2D eigenvalue weighted by atomic mass is 10.1. The van der Waals surface area contributed by atoms with Crippen LogP contribution in [0, 0.1) is 6.92 Å². The number of piperidine rings is 1. The normalized spacial score (nSPS) is 22.2. The molecule has 7 nitrogen and oxygen atoms in total. The standard InChI is InChI=1S/C18H31N5O2.HI/c1-14-15(12-21-22-14)11-20-18(19-2)23-8-6-16(7-9-23)25-13-17-5-3-4-10-24-17;/h12,16-17H,3-11,13H2,1-2H3,(H,19,20)(H,21,22);1H. The second-order valence-corrected chi connectivity index (χ2v) is 6.93. The summed E-state index contributed by atoms with van der Waals surface area (Å²) in [6.07, 6.45) is 8.20. The van der Waals surface area contributed by atoms with E-state index in [-0.39, 0.29) is 24.0 Å². The van der Waals surface area contributed by atoms with E-state index in [1.54, 1.807) is 0 Å². The number of aryl methyl sites for hydroxylation is 1. The van der Waals surface area contributed by atoms with Crippen molar-refractivity contribution in [1.82, 2.24) is 20.4 Å². The minimum absolute atomic E-state index is 0. The monoisotopic (exact) mass is 477 g/mol. The molecule has 2 aliphatic heterocycles. The maximum atomic E-state index is 6.09. The third-order valence-corrected chi connectivity index (χ3v) is 5.12. The molecule has 0 bridgehead atoms. The molecule has 0 aliphatic carbocycles. The van der Waals surface area contributed by atoms with Gasteiger partial charge in [-0.2, -0.15) is 5.10 Å². The highest BCUT2D eigenvalue weighted by Crippen LogP contribution is 2.18. The Labute approximate surface area is 173 Å². The number of halogens is 1. The summed E-state index contributed by atoms with van der Waals surface area (Å²) in [4.78, 5) is 6.74. The first-order valence-electron chi connectivity index (χ1n) is 9.44. The number of likely N-dealkylation sites (tertiary alicyclic amines) is 1. The molecule has 0 amide bonds. The van der Waals surface area contributed by atoms with Crippen LogP contribution < -0.4 is 5.32 Å². The summed E-state index contributed by atoms with van der Waals surface area (Å²) in [7, 11) is 1.84. The van der Waals surface area contributed by atoms with Crippen LogP contribution in [0.1, 0.15) is 43.4 Å². The molecule has 1 aromatic rings. The molecule has 1 atom stereocenters. The summed E-state index contributed by atoms with van der Waals surface area (Å²) in [5, 5.41) is 10.5. The maximum absolute atomic E-state index is 6.09. The largest absolute Gasteiger partial charge is 0.376 e. The number of aromatic amines is 1. The van der Waals surface area contributed by atoms with E-state index in [0.717, 1.165) is 63.8 Å². The lowest BCUT2D eigenvalue weighted by Gasteiger charge is -2.35. The zero-order chi connectivity index (χ0) is 17.5. The summed E-state index contributed by atoms with van der Waals surface area (Å²) < 4.78 is 11.8. The van der Waals surface area contributed by atoms with Gasteiger partial charge in [0.2, 0.25) is 0 Å². The predicted molar refractivity (Wildman–Crippen MR) is 113 cm³/mol. The van der Waals surface area contributed by atoms with Gasteiger partial charge in [-0.15, -0.1) is 24.0 Å². The van der Waals surface area contributed by atoms with Crippen molar-refractivity contribution in [2.24, 2.45) is 4.99 Å². The van der Waals surface area contributed by atoms with Crippen LogP contribution in [0.3, 0.4) is 0 Å². The van der Waals surface area contributed by atoms with E-state index in [1.165, 1.54) is 18.4 Å². The van der Waals surface area contributed by atoms with Crippen molar-refractivity contribution in [3.8, 4) is 0 Å². The molecule has 26 heavy (non-hydrogen) atoms. The number of guanidine groups is 1. The lowest BCUT2D eigenvalue weighted by Crippen LogP contribution is -2.47. The van der Waals surface area contributed by atoms with Crippen LogP contribution in [0.5, 0.6) is 0 Å². The van der Waals surface area contributed by atoms with Crippen LogP contribution in [0.2, 0.25) is 0 Å². The molecule has 8 heteroatoms. The molecule has 2 fully saturated rings. The van der Waals surface area contributed by atoms with Crippen molar-refractivity contribution < 1.29 is 9.47 Å². The maximum Gasteiger partial charge on any atom is 0.193 e. The van der Waals surface area contributed by atoms with Crippen LogP contribution >= 0.6 is 24.0 Å². The SMILES string of the molecule is CN=C(NCc1cn[nH]c1C)N1CCC(OCC2CCCCO2)CC1.I. The molecule has 2 aliphatic rings. The minimum Gasteiger partial charge on any atom is -0.376 e. The Morgan fingerprint density at radius 2 is 2.19 bits per heavy atom. The first-order chi connectivity index (χ1) is 12.3. The zero-order valence-electron chi connectivity index (χ0n) is 15.9. The smallest absolute Gasteiger partial charge is 0.193 e. The van der Waals surface area contributed by atoms with Gasteiger partial charge in [0.15, 0.2) is 5.96 Å². The van der Waals surface area contributed by atoms with Crippen molar-refractivity contribution in [2.45, 2.75) is 57.8 Å². The minimum atomic E-state index is 0. The lowest BCUT2D eigenvalue weighted by molar-refractivity contribution is -0.0721. The molecule has 0 saturated carbocycles. The summed E-state index contributed by atoms with van der Waals surface area (Å²) in [5.41, 5.74) is 2.27. The van der Waals surface area contributed by atoms with Gasteiger partial charge >= 0.3 is 0 Å². The van der Waals surface area contributed by atoms with Gasteiger partial charge in [-0.3, -0.25) is 10.1 Å². The number of nitrogens with one attached hydrogen (secondary N) is 2. The van der Waals surface area contributed by atoms with Gasteiger partial charge in [0, 0.05) is 44.5 Å². The number of ether oxygens (including phenoxy) is 2.